The van der Waals surface area contributed by atoms with Crippen LogP contribution in [-0.4, -0.2) is 36.2 Å². The number of hydrogen-bond acceptors (Lipinski definition) is 3. The van der Waals surface area contributed by atoms with Crippen LogP contribution in [0.4, 0.5) is 0 Å². The molecule has 1 aliphatic rings. The third kappa shape index (κ3) is 5.86. The molecular weight excluding hydrogens is 264 g/mol. The molecule has 1 saturated heterocycles. The van der Waals surface area contributed by atoms with E-state index in [0.717, 1.165) is 18.5 Å². The van der Waals surface area contributed by atoms with Gasteiger partial charge in [-0.1, -0.05) is 36.8 Å². The lowest BCUT2D eigenvalue weighted by atomic mass is 10.00. The zero-order valence-electron chi connectivity index (χ0n) is 12.6. The van der Waals surface area contributed by atoms with Crippen molar-refractivity contribution < 1.29 is 9.90 Å². The summed E-state index contributed by atoms with van der Waals surface area (Å²) in [5.74, 6) is 0.0392. The quantitative estimate of drug-likeness (QED) is 0.715. The maximum atomic E-state index is 12.0. The Morgan fingerprint density at radius 1 is 1.33 bits per heavy atom. The molecule has 0 radical (unpaired) electrons. The number of aliphatic hydroxyl groups excluding tert-OH is 1. The van der Waals surface area contributed by atoms with Gasteiger partial charge in [-0.05, 0) is 37.8 Å². The number of nitrogens with one attached hydrogen (secondary N) is 2. The van der Waals surface area contributed by atoms with Gasteiger partial charge in [-0.2, -0.15) is 0 Å². The van der Waals surface area contributed by atoms with E-state index in [9.17, 15) is 9.90 Å². The molecule has 0 aliphatic carbocycles. The molecule has 1 aliphatic heterocycles. The van der Waals surface area contributed by atoms with Crippen LogP contribution in [0, 0.1) is 0 Å². The van der Waals surface area contributed by atoms with Gasteiger partial charge in [0, 0.05) is 12.5 Å². The Balaban J connectivity index is 1.71. The Morgan fingerprint density at radius 2 is 2.14 bits per heavy atom. The monoisotopic (exact) mass is 290 g/mol. The minimum atomic E-state index is -0.195. The summed E-state index contributed by atoms with van der Waals surface area (Å²) in [5.41, 5.74) is 1.13. The lowest BCUT2D eigenvalue weighted by molar-refractivity contribution is -0.122. The molecule has 0 spiro atoms. The van der Waals surface area contributed by atoms with Gasteiger partial charge < -0.3 is 15.7 Å². The van der Waals surface area contributed by atoms with Crippen molar-refractivity contribution in [3.05, 3.63) is 35.9 Å². The van der Waals surface area contributed by atoms with Crippen LogP contribution in [0.2, 0.25) is 0 Å². The first-order valence-electron chi connectivity index (χ1n) is 7.95. The highest BCUT2D eigenvalue weighted by atomic mass is 16.3. The van der Waals surface area contributed by atoms with E-state index >= 15 is 0 Å². The van der Waals surface area contributed by atoms with Crippen LogP contribution in [0.5, 0.6) is 0 Å². The Hall–Kier alpha value is -1.39. The molecule has 1 amide bonds. The normalized spacial score (nSPS) is 20.0. The molecule has 2 rings (SSSR count). The fourth-order valence-electron chi connectivity index (χ4n) is 2.84. The first-order chi connectivity index (χ1) is 10.3. The molecular formula is C17H26N2O2. The van der Waals surface area contributed by atoms with Crippen LogP contribution in [0.1, 0.15) is 37.7 Å². The average Bonchev–Trinajstić information content (AvgIpc) is 2.54. The average molecular weight is 290 g/mol. The first-order valence-corrected chi connectivity index (χ1v) is 7.95. The molecule has 4 nitrogen and oxygen atoms in total. The molecule has 0 bridgehead atoms. The lowest BCUT2D eigenvalue weighted by Gasteiger charge is -2.23. The van der Waals surface area contributed by atoms with Crippen LogP contribution in [0.15, 0.2) is 30.3 Å². The second kappa shape index (κ2) is 8.80. The number of hydrogen-bond donors (Lipinski definition) is 3. The Labute approximate surface area is 126 Å². The van der Waals surface area contributed by atoms with Crippen molar-refractivity contribution >= 4 is 5.91 Å². The van der Waals surface area contributed by atoms with Crippen molar-refractivity contribution in [3.8, 4) is 0 Å². The largest absolute Gasteiger partial charge is 0.394 e. The summed E-state index contributed by atoms with van der Waals surface area (Å²) in [5, 5.41) is 15.8. The van der Waals surface area contributed by atoms with Gasteiger partial charge >= 0.3 is 0 Å². The zero-order valence-corrected chi connectivity index (χ0v) is 12.6. The summed E-state index contributed by atoms with van der Waals surface area (Å²) in [6.07, 6.45) is 5.75. The summed E-state index contributed by atoms with van der Waals surface area (Å²) in [4.78, 5) is 12.0. The van der Waals surface area contributed by atoms with Crippen molar-refractivity contribution in [3.63, 3.8) is 0 Å². The van der Waals surface area contributed by atoms with Gasteiger partial charge in [0.05, 0.1) is 12.6 Å². The van der Waals surface area contributed by atoms with E-state index in [-0.39, 0.29) is 18.6 Å². The molecule has 1 fully saturated rings. The number of carbonyl (C=O) groups excluding carboxylic acids is 1. The minimum absolute atomic E-state index is 0.0255. The molecule has 116 valence electrons. The standard InChI is InChI=1S/C17H26N2O2/c20-13-16(12-14-6-2-1-3-7-14)19-17(21)10-9-15-8-4-5-11-18-15/h1-3,6-7,15-16,18,20H,4-5,8-13H2,(H,19,21)/t15?,16-/m1/s1. The maximum absolute atomic E-state index is 12.0. The highest BCUT2D eigenvalue weighted by Gasteiger charge is 2.16. The number of rotatable bonds is 7. The minimum Gasteiger partial charge on any atom is -0.394 e. The third-order valence-electron chi connectivity index (χ3n) is 4.04. The van der Waals surface area contributed by atoms with E-state index in [1.165, 1.54) is 19.3 Å². The Bertz CT molecular complexity index is 416. The van der Waals surface area contributed by atoms with E-state index in [4.69, 9.17) is 0 Å². The van der Waals surface area contributed by atoms with Gasteiger partial charge in [-0.25, -0.2) is 0 Å². The van der Waals surface area contributed by atoms with Gasteiger partial charge in [0.2, 0.25) is 5.91 Å². The van der Waals surface area contributed by atoms with Gasteiger partial charge in [-0.15, -0.1) is 0 Å². The van der Waals surface area contributed by atoms with Crippen LogP contribution in [0.3, 0.4) is 0 Å². The smallest absolute Gasteiger partial charge is 0.220 e. The summed E-state index contributed by atoms with van der Waals surface area (Å²) in [7, 11) is 0. The molecule has 0 aromatic heterocycles. The van der Waals surface area contributed by atoms with Gasteiger partial charge in [0.25, 0.3) is 0 Å². The number of amides is 1. The van der Waals surface area contributed by atoms with E-state index in [1.54, 1.807) is 0 Å². The van der Waals surface area contributed by atoms with Crippen molar-refractivity contribution in [2.75, 3.05) is 13.2 Å². The molecule has 0 saturated carbocycles. The number of piperidine rings is 1. The number of carbonyl (C=O) groups is 1. The molecule has 21 heavy (non-hydrogen) atoms. The number of aliphatic hydroxyl groups is 1. The predicted molar refractivity (Wildman–Crippen MR) is 84.0 cm³/mol. The summed E-state index contributed by atoms with van der Waals surface area (Å²) in [6.45, 7) is 1.04. The lowest BCUT2D eigenvalue weighted by Crippen LogP contribution is -2.40. The molecule has 1 heterocycles. The fourth-order valence-corrected chi connectivity index (χ4v) is 2.84. The number of benzene rings is 1. The fraction of sp³-hybridized carbons (Fsp3) is 0.588. The third-order valence-corrected chi connectivity index (χ3v) is 4.04. The van der Waals surface area contributed by atoms with E-state index in [0.29, 0.717) is 18.9 Å². The Morgan fingerprint density at radius 3 is 2.81 bits per heavy atom. The van der Waals surface area contributed by atoms with E-state index < -0.39 is 0 Å². The maximum Gasteiger partial charge on any atom is 0.220 e. The summed E-state index contributed by atoms with van der Waals surface area (Å²) in [6, 6.07) is 10.2. The van der Waals surface area contributed by atoms with Crippen LogP contribution >= 0.6 is 0 Å². The molecule has 1 aromatic carbocycles. The van der Waals surface area contributed by atoms with Crippen LogP contribution in [0.25, 0.3) is 0 Å². The zero-order chi connectivity index (χ0) is 14.9. The molecule has 4 heteroatoms. The van der Waals surface area contributed by atoms with E-state index in [1.807, 2.05) is 30.3 Å². The van der Waals surface area contributed by atoms with E-state index in [2.05, 4.69) is 10.6 Å². The SMILES string of the molecule is O=C(CCC1CCCCN1)N[C@@H](CO)Cc1ccccc1. The topological polar surface area (TPSA) is 61.4 Å². The highest BCUT2D eigenvalue weighted by molar-refractivity contribution is 5.76. The predicted octanol–water partition coefficient (Wildman–Crippen LogP) is 1.63. The van der Waals surface area contributed by atoms with Gasteiger partial charge in [0.15, 0.2) is 0 Å². The van der Waals surface area contributed by atoms with Gasteiger partial charge in [-0.3, -0.25) is 4.79 Å². The van der Waals surface area contributed by atoms with Crippen molar-refractivity contribution in [1.29, 1.82) is 0 Å². The summed E-state index contributed by atoms with van der Waals surface area (Å²) < 4.78 is 0. The summed E-state index contributed by atoms with van der Waals surface area (Å²) >= 11 is 0. The highest BCUT2D eigenvalue weighted by Crippen LogP contribution is 2.12. The van der Waals surface area contributed by atoms with Gasteiger partial charge in [0.1, 0.15) is 0 Å². The van der Waals surface area contributed by atoms with Crippen molar-refractivity contribution in [2.45, 2.75) is 50.6 Å². The molecule has 2 atom stereocenters. The molecule has 1 aromatic rings. The molecule has 1 unspecified atom stereocenters. The second-order valence-corrected chi connectivity index (χ2v) is 5.82. The molecule has 3 N–H and O–H groups in total. The van der Waals surface area contributed by atoms with Crippen LogP contribution in [-0.2, 0) is 11.2 Å². The second-order valence-electron chi connectivity index (χ2n) is 5.82. The first kappa shape index (κ1) is 16.0. The van der Waals surface area contributed by atoms with Crippen molar-refractivity contribution in [1.82, 2.24) is 10.6 Å². The van der Waals surface area contributed by atoms with Crippen LogP contribution < -0.4 is 10.6 Å². The Kier molecular flexibility index (Phi) is 6.70. The van der Waals surface area contributed by atoms with Crippen molar-refractivity contribution in [2.24, 2.45) is 0 Å².